The maximum atomic E-state index is 11.3. The maximum Gasteiger partial charge on any atom is 0.408 e. The van der Waals surface area contributed by atoms with Gasteiger partial charge in [0.2, 0.25) is 0 Å². The van der Waals surface area contributed by atoms with Crippen LogP contribution >= 0.6 is 11.6 Å². The molecule has 96 valence electrons. The number of halogens is 1. The van der Waals surface area contributed by atoms with Crippen LogP contribution in [0.5, 0.6) is 0 Å². The van der Waals surface area contributed by atoms with Crippen LogP contribution in [-0.4, -0.2) is 23.8 Å². The summed E-state index contributed by atoms with van der Waals surface area (Å²) in [5.74, 6) is -1.19. The van der Waals surface area contributed by atoms with Crippen LogP contribution in [0.2, 0.25) is 5.02 Å². The summed E-state index contributed by atoms with van der Waals surface area (Å²) in [5.41, 5.74) is 0.405. The molecular weight excluding hydrogens is 258 g/mol. The number of carbonyl (C=O) groups is 2. The van der Waals surface area contributed by atoms with Crippen molar-refractivity contribution in [1.82, 2.24) is 5.32 Å². The molecular formula is C12H12ClNO4. The number of aliphatic carboxylic acids is 1. The Morgan fingerprint density at radius 1 is 1.44 bits per heavy atom. The van der Waals surface area contributed by atoms with E-state index in [0.717, 1.165) is 0 Å². The minimum atomic E-state index is -1.19. The van der Waals surface area contributed by atoms with E-state index in [1.807, 2.05) is 0 Å². The van der Waals surface area contributed by atoms with Crippen molar-refractivity contribution in [1.29, 1.82) is 0 Å². The third-order valence-electron chi connectivity index (χ3n) is 2.04. The fraction of sp³-hybridized carbons (Fsp3) is 0.167. The van der Waals surface area contributed by atoms with Gasteiger partial charge in [0.25, 0.3) is 0 Å². The number of ether oxygens (including phenoxy) is 1. The lowest BCUT2D eigenvalue weighted by Gasteiger charge is -2.14. The third-order valence-corrected chi connectivity index (χ3v) is 2.30. The molecule has 0 radical (unpaired) electrons. The molecule has 0 heterocycles. The van der Waals surface area contributed by atoms with E-state index in [1.54, 1.807) is 12.1 Å². The van der Waals surface area contributed by atoms with Gasteiger partial charge in [0, 0.05) is 5.02 Å². The van der Waals surface area contributed by atoms with Gasteiger partial charge in [-0.1, -0.05) is 36.4 Å². The SMILES string of the molecule is C=CCOC(=O)N[C@H](C(=O)O)c1ccc(Cl)cc1. The normalized spacial score (nSPS) is 11.4. The molecule has 0 aromatic heterocycles. The van der Waals surface area contributed by atoms with Crippen molar-refractivity contribution in [2.45, 2.75) is 6.04 Å². The molecule has 0 unspecified atom stereocenters. The van der Waals surface area contributed by atoms with Crippen LogP contribution in [0.3, 0.4) is 0 Å². The van der Waals surface area contributed by atoms with E-state index in [-0.39, 0.29) is 6.61 Å². The minimum absolute atomic E-state index is 0.0127. The lowest BCUT2D eigenvalue weighted by Crippen LogP contribution is -2.34. The molecule has 0 fully saturated rings. The summed E-state index contributed by atoms with van der Waals surface area (Å²) >= 11 is 5.70. The molecule has 1 amide bonds. The molecule has 0 saturated carbocycles. The van der Waals surface area contributed by atoms with Gasteiger partial charge in [-0.3, -0.25) is 0 Å². The number of rotatable bonds is 5. The lowest BCUT2D eigenvalue weighted by molar-refractivity contribution is -0.139. The van der Waals surface area contributed by atoms with E-state index in [2.05, 4.69) is 16.6 Å². The number of alkyl carbamates (subject to hydrolysis) is 1. The predicted molar refractivity (Wildman–Crippen MR) is 66.5 cm³/mol. The first-order valence-electron chi connectivity index (χ1n) is 5.07. The summed E-state index contributed by atoms with van der Waals surface area (Å²) < 4.78 is 4.66. The smallest absolute Gasteiger partial charge is 0.408 e. The number of carbonyl (C=O) groups excluding carboxylic acids is 1. The highest BCUT2D eigenvalue weighted by Crippen LogP contribution is 2.17. The molecule has 1 rings (SSSR count). The first kappa shape index (κ1) is 14.1. The zero-order chi connectivity index (χ0) is 13.5. The van der Waals surface area contributed by atoms with E-state index in [9.17, 15) is 9.59 Å². The Morgan fingerprint density at radius 2 is 2.06 bits per heavy atom. The summed E-state index contributed by atoms with van der Waals surface area (Å²) in [6.45, 7) is 3.39. The number of nitrogens with one attached hydrogen (secondary N) is 1. The van der Waals surface area contributed by atoms with Gasteiger partial charge < -0.3 is 15.2 Å². The Labute approximate surface area is 109 Å². The van der Waals surface area contributed by atoms with Crippen LogP contribution in [0, 0.1) is 0 Å². The van der Waals surface area contributed by atoms with Crippen molar-refractivity contribution in [3.8, 4) is 0 Å². The van der Waals surface area contributed by atoms with Crippen LogP contribution in [0.1, 0.15) is 11.6 Å². The van der Waals surface area contributed by atoms with E-state index < -0.39 is 18.1 Å². The standard InChI is InChI=1S/C12H12ClNO4/c1-2-7-18-12(17)14-10(11(15)16)8-3-5-9(13)6-4-8/h2-6,10H,1,7H2,(H,14,17)(H,15,16)/t10-/m0/s1. The lowest BCUT2D eigenvalue weighted by atomic mass is 10.1. The molecule has 18 heavy (non-hydrogen) atoms. The van der Waals surface area contributed by atoms with Crippen molar-refractivity contribution in [3.63, 3.8) is 0 Å². The second-order valence-electron chi connectivity index (χ2n) is 3.35. The van der Waals surface area contributed by atoms with Gasteiger partial charge in [-0.25, -0.2) is 9.59 Å². The molecule has 0 spiro atoms. The second-order valence-corrected chi connectivity index (χ2v) is 3.79. The molecule has 0 aliphatic rings. The largest absolute Gasteiger partial charge is 0.479 e. The van der Waals surface area contributed by atoms with Crippen LogP contribution in [0.25, 0.3) is 0 Å². The van der Waals surface area contributed by atoms with E-state index in [1.165, 1.54) is 18.2 Å². The Bertz CT molecular complexity index is 444. The summed E-state index contributed by atoms with van der Waals surface area (Å²) in [6, 6.07) is 4.95. The zero-order valence-electron chi connectivity index (χ0n) is 9.43. The van der Waals surface area contributed by atoms with Crippen molar-refractivity contribution < 1.29 is 19.4 Å². The second kappa shape index (κ2) is 6.66. The number of amides is 1. The fourth-order valence-electron chi connectivity index (χ4n) is 1.24. The average Bonchev–Trinajstić information content (AvgIpc) is 2.34. The fourth-order valence-corrected chi connectivity index (χ4v) is 1.36. The van der Waals surface area contributed by atoms with E-state index >= 15 is 0 Å². The molecule has 1 aromatic carbocycles. The summed E-state index contributed by atoms with van der Waals surface area (Å²) in [4.78, 5) is 22.4. The number of hydrogen-bond donors (Lipinski definition) is 2. The molecule has 1 aromatic rings. The van der Waals surface area contributed by atoms with Gasteiger partial charge in [0.05, 0.1) is 0 Å². The number of carboxylic acid groups (broad SMARTS) is 1. The Morgan fingerprint density at radius 3 is 2.56 bits per heavy atom. The van der Waals surface area contributed by atoms with Crippen LogP contribution in [0.4, 0.5) is 4.79 Å². The Hall–Kier alpha value is -2.01. The highest BCUT2D eigenvalue weighted by molar-refractivity contribution is 6.30. The van der Waals surface area contributed by atoms with Gasteiger partial charge in [0.1, 0.15) is 6.61 Å². The monoisotopic (exact) mass is 269 g/mol. The summed E-state index contributed by atoms with van der Waals surface area (Å²) in [5, 5.41) is 11.8. The molecule has 0 aliphatic heterocycles. The van der Waals surface area contributed by atoms with Gasteiger partial charge in [0.15, 0.2) is 6.04 Å². The van der Waals surface area contributed by atoms with Crippen molar-refractivity contribution >= 4 is 23.7 Å². The molecule has 0 saturated heterocycles. The van der Waals surface area contributed by atoms with Crippen molar-refractivity contribution in [3.05, 3.63) is 47.5 Å². The third kappa shape index (κ3) is 4.10. The molecule has 6 heteroatoms. The van der Waals surface area contributed by atoms with E-state index in [4.69, 9.17) is 16.7 Å². The van der Waals surface area contributed by atoms with Crippen LogP contribution in [0.15, 0.2) is 36.9 Å². The van der Waals surface area contributed by atoms with Gasteiger partial charge in [-0.05, 0) is 17.7 Å². The first-order chi connectivity index (χ1) is 8.54. The maximum absolute atomic E-state index is 11.3. The average molecular weight is 270 g/mol. The topological polar surface area (TPSA) is 75.6 Å². The van der Waals surface area contributed by atoms with Crippen LogP contribution < -0.4 is 5.32 Å². The van der Waals surface area contributed by atoms with Gasteiger partial charge in [-0.2, -0.15) is 0 Å². The minimum Gasteiger partial charge on any atom is -0.479 e. The first-order valence-corrected chi connectivity index (χ1v) is 5.45. The molecule has 0 bridgehead atoms. The molecule has 0 aliphatic carbocycles. The quantitative estimate of drug-likeness (QED) is 0.805. The molecule has 5 nitrogen and oxygen atoms in total. The summed E-state index contributed by atoms with van der Waals surface area (Å²) in [6.07, 6.45) is 0.565. The van der Waals surface area contributed by atoms with E-state index in [0.29, 0.717) is 10.6 Å². The Balaban J connectivity index is 2.77. The number of carboxylic acids is 1. The van der Waals surface area contributed by atoms with Gasteiger partial charge >= 0.3 is 12.1 Å². The summed E-state index contributed by atoms with van der Waals surface area (Å²) in [7, 11) is 0. The van der Waals surface area contributed by atoms with Crippen molar-refractivity contribution in [2.75, 3.05) is 6.61 Å². The highest BCUT2D eigenvalue weighted by Gasteiger charge is 2.22. The molecule has 1 atom stereocenters. The van der Waals surface area contributed by atoms with Crippen molar-refractivity contribution in [2.24, 2.45) is 0 Å². The Kier molecular flexibility index (Phi) is 5.20. The number of hydrogen-bond acceptors (Lipinski definition) is 3. The zero-order valence-corrected chi connectivity index (χ0v) is 10.2. The van der Waals surface area contributed by atoms with Crippen LogP contribution in [-0.2, 0) is 9.53 Å². The van der Waals surface area contributed by atoms with Gasteiger partial charge in [-0.15, -0.1) is 0 Å². The molecule has 2 N–H and O–H groups in total. The number of benzene rings is 1. The predicted octanol–water partition coefficient (Wildman–Crippen LogP) is 2.38. The highest BCUT2D eigenvalue weighted by atomic mass is 35.5.